The van der Waals surface area contributed by atoms with Crippen LogP contribution in [-0.2, 0) is 0 Å². The molecule has 0 saturated carbocycles. The number of benzene rings is 3. The maximum Gasteiger partial charge on any atom is 0.132 e. The molecule has 0 atom stereocenters. The Bertz CT molecular complexity index is 652. The summed E-state index contributed by atoms with van der Waals surface area (Å²) in [5.74, 6) is 0. The molecule has 3 aromatic carbocycles. The molecule has 21 heavy (non-hydrogen) atoms. The summed E-state index contributed by atoms with van der Waals surface area (Å²) in [7, 11) is -1.35. The first-order valence-electron chi connectivity index (χ1n) is 7.42. The van der Waals surface area contributed by atoms with E-state index in [9.17, 15) is 0 Å². The van der Waals surface area contributed by atoms with E-state index in [0.717, 1.165) is 0 Å². The van der Waals surface area contributed by atoms with Gasteiger partial charge in [-0.25, -0.2) is 0 Å². The highest BCUT2D eigenvalue weighted by molar-refractivity contribution is 6.95. The smallest absolute Gasteiger partial charge is 0.0625 e. The lowest BCUT2D eigenvalue weighted by molar-refractivity contribution is 1.48. The van der Waals surface area contributed by atoms with E-state index in [4.69, 9.17) is 0 Å². The van der Waals surface area contributed by atoms with Gasteiger partial charge in [-0.15, -0.1) is 0 Å². The van der Waals surface area contributed by atoms with Crippen molar-refractivity contribution in [2.24, 2.45) is 0 Å². The first-order chi connectivity index (χ1) is 10.2. The monoisotopic (exact) mass is 288 g/mol. The van der Waals surface area contributed by atoms with Crippen molar-refractivity contribution < 1.29 is 0 Å². The molecular formula is C20H20Si. The van der Waals surface area contributed by atoms with Crippen LogP contribution in [0.4, 0.5) is 0 Å². The Labute approximate surface area is 128 Å². The van der Waals surface area contributed by atoms with Gasteiger partial charge in [0.15, 0.2) is 0 Å². The Kier molecular flexibility index (Phi) is 4.02. The Morgan fingerprint density at radius 2 is 0.857 bits per heavy atom. The summed E-state index contributed by atoms with van der Waals surface area (Å²) in [6.45, 7) is 4.30. The Hall–Kier alpha value is -2.12. The third-order valence-electron chi connectivity index (χ3n) is 3.95. The zero-order valence-corrected chi connectivity index (χ0v) is 13.7. The van der Waals surface area contributed by atoms with Crippen LogP contribution in [-0.4, -0.2) is 8.80 Å². The Morgan fingerprint density at radius 3 is 1.29 bits per heavy atom. The minimum atomic E-state index is -1.35. The molecule has 0 aromatic heterocycles. The second kappa shape index (κ2) is 6.11. The van der Waals surface area contributed by atoms with Crippen LogP contribution in [0.15, 0.2) is 78.9 Å². The average Bonchev–Trinajstić information content (AvgIpc) is 2.52. The summed E-state index contributed by atoms with van der Waals surface area (Å²) in [6.07, 6.45) is 0. The molecule has 0 aliphatic carbocycles. The van der Waals surface area contributed by atoms with Gasteiger partial charge in [0.1, 0.15) is 8.80 Å². The van der Waals surface area contributed by atoms with E-state index >= 15 is 0 Å². The normalized spacial score (nSPS) is 10.8. The first kappa shape index (κ1) is 13.8. The molecule has 3 rings (SSSR count). The lowest BCUT2D eigenvalue weighted by Crippen LogP contribution is -2.51. The molecule has 0 N–H and O–H groups in total. The van der Waals surface area contributed by atoms with Gasteiger partial charge in [-0.1, -0.05) is 106 Å². The van der Waals surface area contributed by atoms with Gasteiger partial charge in [-0.05, 0) is 13.8 Å². The molecule has 0 radical (unpaired) electrons. The molecule has 0 bridgehead atoms. The van der Waals surface area contributed by atoms with Crippen LogP contribution < -0.4 is 15.6 Å². The van der Waals surface area contributed by atoms with Crippen LogP contribution in [0.25, 0.3) is 0 Å². The summed E-state index contributed by atoms with van der Waals surface area (Å²) >= 11 is 0. The van der Waals surface area contributed by atoms with Crippen LogP contribution in [0.3, 0.4) is 0 Å². The first-order valence-corrected chi connectivity index (χ1v) is 9.15. The standard InChI is InChI=1S/C20H20Si/c1-16-8-12-19(13-9-16)21(18-6-4-3-5-7-18)20-14-10-17(2)11-15-20/h3-15,21H,1-2H3. The molecule has 0 aliphatic heterocycles. The number of rotatable bonds is 3. The quantitative estimate of drug-likeness (QED) is 0.513. The van der Waals surface area contributed by atoms with E-state index in [1.807, 2.05) is 0 Å². The van der Waals surface area contributed by atoms with Crippen molar-refractivity contribution in [3.63, 3.8) is 0 Å². The minimum Gasteiger partial charge on any atom is -0.0625 e. The largest absolute Gasteiger partial charge is 0.132 e. The topological polar surface area (TPSA) is 0 Å². The fourth-order valence-corrected chi connectivity index (χ4v) is 5.66. The molecule has 104 valence electrons. The average molecular weight is 288 g/mol. The maximum atomic E-state index is 2.30. The van der Waals surface area contributed by atoms with Crippen LogP contribution >= 0.6 is 0 Å². The highest BCUT2D eigenvalue weighted by Crippen LogP contribution is 2.00. The molecular weight excluding hydrogens is 268 g/mol. The van der Waals surface area contributed by atoms with Gasteiger partial charge in [0.2, 0.25) is 0 Å². The van der Waals surface area contributed by atoms with Crippen molar-refractivity contribution in [1.82, 2.24) is 0 Å². The van der Waals surface area contributed by atoms with Crippen molar-refractivity contribution >= 4 is 24.4 Å². The zero-order chi connectivity index (χ0) is 14.7. The highest BCUT2D eigenvalue weighted by Gasteiger charge is 2.18. The van der Waals surface area contributed by atoms with Gasteiger partial charge in [-0.3, -0.25) is 0 Å². The molecule has 1 heteroatoms. The third-order valence-corrected chi connectivity index (χ3v) is 7.11. The van der Waals surface area contributed by atoms with E-state index < -0.39 is 8.80 Å². The van der Waals surface area contributed by atoms with Crippen LogP contribution in [0, 0.1) is 13.8 Å². The summed E-state index contributed by atoms with van der Waals surface area (Å²) in [6, 6.07) is 29.1. The van der Waals surface area contributed by atoms with Crippen molar-refractivity contribution in [2.45, 2.75) is 13.8 Å². The minimum absolute atomic E-state index is 1.32. The van der Waals surface area contributed by atoms with E-state index in [1.54, 1.807) is 0 Å². The lowest BCUT2D eigenvalue weighted by Gasteiger charge is -2.17. The van der Waals surface area contributed by atoms with Crippen LogP contribution in [0.5, 0.6) is 0 Å². The van der Waals surface area contributed by atoms with Crippen LogP contribution in [0.1, 0.15) is 11.1 Å². The number of hydrogen-bond acceptors (Lipinski definition) is 0. The molecule has 0 amide bonds. The second-order valence-corrected chi connectivity index (χ2v) is 8.53. The van der Waals surface area contributed by atoms with Crippen LogP contribution in [0.2, 0.25) is 0 Å². The lowest BCUT2D eigenvalue weighted by atomic mass is 10.2. The Morgan fingerprint density at radius 1 is 0.476 bits per heavy atom. The molecule has 3 aromatic rings. The van der Waals surface area contributed by atoms with Crippen molar-refractivity contribution in [3.05, 3.63) is 90.0 Å². The molecule has 0 aliphatic rings. The predicted molar refractivity (Wildman–Crippen MR) is 94.9 cm³/mol. The van der Waals surface area contributed by atoms with E-state index in [1.165, 1.54) is 26.7 Å². The summed E-state index contributed by atoms with van der Waals surface area (Å²) in [5, 5.41) is 4.44. The molecule has 0 saturated heterocycles. The maximum absolute atomic E-state index is 2.30. The van der Waals surface area contributed by atoms with Gasteiger partial charge in [0.05, 0.1) is 0 Å². The summed E-state index contributed by atoms with van der Waals surface area (Å²) in [5.41, 5.74) is 2.65. The fraction of sp³-hybridized carbons (Fsp3) is 0.100. The molecule has 0 heterocycles. The van der Waals surface area contributed by atoms with Crippen molar-refractivity contribution in [1.29, 1.82) is 0 Å². The summed E-state index contributed by atoms with van der Waals surface area (Å²) < 4.78 is 0. The Balaban J connectivity index is 2.11. The van der Waals surface area contributed by atoms with Gasteiger partial charge in [0, 0.05) is 0 Å². The van der Waals surface area contributed by atoms with E-state index in [0.29, 0.717) is 0 Å². The van der Waals surface area contributed by atoms with Gasteiger partial charge in [-0.2, -0.15) is 0 Å². The second-order valence-electron chi connectivity index (χ2n) is 5.67. The zero-order valence-electron chi connectivity index (χ0n) is 12.6. The summed E-state index contributed by atoms with van der Waals surface area (Å²) in [4.78, 5) is 0. The molecule has 0 unspecified atom stereocenters. The van der Waals surface area contributed by atoms with E-state index in [-0.39, 0.29) is 0 Å². The van der Waals surface area contributed by atoms with Gasteiger partial charge >= 0.3 is 0 Å². The highest BCUT2D eigenvalue weighted by atomic mass is 28.3. The SMILES string of the molecule is Cc1ccc([SiH](c2ccccc2)c2ccc(C)cc2)cc1. The number of hydrogen-bond donors (Lipinski definition) is 0. The van der Waals surface area contributed by atoms with Crippen molar-refractivity contribution in [2.75, 3.05) is 0 Å². The van der Waals surface area contributed by atoms with Crippen molar-refractivity contribution in [3.8, 4) is 0 Å². The molecule has 0 fully saturated rings. The van der Waals surface area contributed by atoms with Gasteiger partial charge < -0.3 is 0 Å². The van der Waals surface area contributed by atoms with Gasteiger partial charge in [0.25, 0.3) is 0 Å². The van der Waals surface area contributed by atoms with E-state index in [2.05, 4.69) is 92.7 Å². The third kappa shape index (κ3) is 3.14. The fourth-order valence-electron chi connectivity index (χ4n) is 2.74. The molecule has 0 spiro atoms. The molecule has 0 nitrogen and oxygen atoms in total. The number of aryl methyl sites for hydroxylation is 2. The predicted octanol–water partition coefficient (Wildman–Crippen LogP) is 2.55.